The Labute approximate surface area is 95.4 Å². The number of aromatic nitrogens is 2. The number of aliphatic hydroxyl groups excluding tert-OH is 1. The van der Waals surface area contributed by atoms with Crippen LogP contribution in [0.3, 0.4) is 0 Å². The first-order valence-electron chi connectivity index (χ1n) is 5.03. The number of hydrogen-bond donors (Lipinski definition) is 1. The fourth-order valence-corrected chi connectivity index (χ4v) is 1.21. The van der Waals surface area contributed by atoms with Gasteiger partial charge < -0.3 is 14.6 Å². The van der Waals surface area contributed by atoms with Crippen LogP contribution in [0.25, 0.3) is 0 Å². The second-order valence-electron chi connectivity index (χ2n) is 4.58. The maximum atomic E-state index is 10.1. The van der Waals surface area contributed by atoms with Crippen LogP contribution >= 0.6 is 0 Å². The highest BCUT2D eigenvalue weighted by molar-refractivity contribution is 5.25. The molecule has 1 aromatic heterocycles. The predicted molar refractivity (Wildman–Crippen MR) is 59.6 cm³/mol. The Kier molecular flexibility index (Phi) is 3.70. The summed E-state index contributed by atoms with van der Waals surface area (Å²) in [6, 6.07) is 0. The highest BCUT2D eigenvalue weighted by atomic mass is 16.5. The number of aliphatic hydroxyl groups is 1. The van der Waals surface area contributed by atoms with Crippen LogP contribution in [0.1, 0.15) is 32.6 Å². The van der Waals surface area contributed by atoms with Gasteiger partial charge in [-0.15, -0.1) is 0 Å². The van der Waals surface area contributed by atoms with E-state index >= 15 is 0 Å². The number of nitrogens with zero attached hydrogens (tertiary/aromatic N) is 2. The van der Waals surface area contributed by atoms with Gasteiger partial charge in [0.1, 0.15) is 11.8 Å². The van der Waals surface area contributed by atoms with Gasteiger partial charge in [0.25, 0.3) is 0 Å². The van der Waals surface area contributed by atoms with E-state index in [0.29, 0.717) is 17.5 Å². The van der Waals surface area contributed by atoms with Crippen molar-refractivity contribution in [2.24, 2.45) is 5.41 Å². The van der Waals surface area contributed by atoms with E-state index in [-0.39, 0.29) is 5.41 Å². The fourth-order valence-electron chi connectivity index (χ4n) is 1.21. The quantitative estimate of drug-likeness (QED) is 0.847. The highest BCUT2D eigenvalue weighted by Crippen LogP contribution is 2.35. The molecule has 0 saturated carbocycles. The summed E-state index contributed by atoms with van der Waals surface area (Å²) in [5.41, 5.74) is 0.104. The van der Waals surface area contributed by atoms with Gasteiger partial charge in [-0.1, -0.05) is 20.8 Å². The molecule has 1 heterocycles. The third-order valence-corrected chi connectivity index (χ3v) is 2.23. The van der Waals surface area contributed by atoms with Crippen molar-refractivity contribution in [3.8, 4) is 11.8 Å². The lowest BCUT2D eigenvalue weighted by atomic mass is 9.87. The van der Waals surface area contributed by atoms with E-state index in [0.717, 1.165) is 0 Å². The van der Waals surface area contributed by atoms with Gasteiger partial charge in [-0.2, -0.15) is 4.98 Å². The molecule has 1 unspecified atom stereocenters. The largest absolute Gasteiger partial charge is 0.480 e. The molecule has 16 heavy (non-hydrogen) atoms. The van der Waals surface area contributed by atoms with Crippen LogP contribution in [-0.4, -0.2) is 29.3 Å². The molecule has 0 aromatic carbocycles. The highest BCUT2D eigenvalue weighted by Gasteiger charge is 2.28. The molecule has 90 valence electrons. The van der Waals surface area contributed by atoms with Gasteiger partial charge in [-0.25, -0.2) is 4.98 Å². The van der Waals surface area contributed by atoms with Crippen molar-refractivity contribution in [2.75, 3.05) is 14.2 Å². The molecule has 0 aliphatic rings. The van der Waals surface area contributed by atoms with E-state index < -0.39 is 6.10 Å². The molecule has 0 radical (unpaired) electrons. The van der Waals surface area contributed by atoms with Crippen molar-refractivity contribution in [1.29, 1.82) is 0 Å². The Balaban J connectivity index is 3.14. The van der Waals surface area contributed by atoms with E-state index in [9.17, 15) is 5.11 Å². The minimum Gasteiger partial charge on any atom is -0.480 e. The summed E-state index contributed by atoms with van der Waals surface area (Å²) in [7, 11) is 2.99. The topological polar surface area (TPSA) is 64.5 Å². The average molecular weight is 226 g/mol. The second-order valence-corrected chi connectivity index (χ2v) is 4.58. The van der Waals surface area contributed by atoms with Gasteiger partial charge >= 0.3 is 0 Å². The number of hydrogen-bond acceptors (Lipinski definition) is 5. The SMILES string of the molecule is COc1cnc(C(O)C(C)(C)C)c(OC)n1. The van der Waals surface area contributed by atoms with E-state index in [1.165, 1.54) is 20.4 Å². The normalized spacial score (nSPS) is 13.4. The molecule has 0 aliphatic carbocycles. The standard InChI is InChI=1S/C11H18N2O3/c1-11(2,3)9(14)8-10(16-5)13-7(15-4)6-12-8/h6,9,14H,1-5H3. The summed E-state index contributed by atoms with van der Waals surface area (Å²) < 4.78 is 10.0. The molecule has 5 heteroatoms. The zero-order valence-corrected chi connectivity index (χ0v) is 10.3. The Morgan fingerprint density at radius 2 is 1.88 bits per heavy atom. The van der Waals surface area contributed by atoms with Crippen molar-refractivity contribution in [3.05, 3.63) is 11.9 Å². The van der Waals surface area contributed by atoms with Crippen LogP contribution in [0, 0.1) is 5.41 Å². The predicted octanol–water partition coefficient (Wildman–Crippen LogP) is 1.57. The van der Waals surface area contributed by atoms with Crippen LogP contribution in [-0.2, 0) is 0 Å². The van der Waals surface area contributed by atoms with E-state index in [1.807, 2.05) is 20.8 Å². The smallest absolute Gasteiger partial charge is 0.241 e. The molecule has 1 atom stereocenters. The summed E-state index contributed by atoms with van der Waals surface area (Å²) in [6.07, 6.45) is 0.730. The van der Waals surface area contributed by atoms with Crippen LogP contribution in [0.2, 0.25) is 0 Å². The van der Waals surface area contributed by atoms with Crippen molar-refractivity contribution >= 4 is 0 Å². The van der Waals surface area contributed by atoms with Gasteiger partial charge in [0.05, 0.1) is 20.4 Å². The Bertz CT molecular complexity index is 361. The summed E-state index contributed by atoms with van der Waals surface area (Å²) in [6.45, 7) is 5.76. The van der Waals surface area contributed by atoms with Gasteiger partial charge in [-0.3, -0.25) is 0 Å². The van der Waals surface area contributed by atoms with Crippen LogP contribution < -0.4 is 9.47 Å². The Morgan fingerprint density at radius 1 is 1.25 bits per heavy atom. The first-order chi connectivity index (χ1) is 7.40. The van der Waals surface area contributed by atoms with Crippen molar-refractivity contribution in [2.45, 2.75) is 26.9 Å². The van der Waals surface area contributed by atoms with Gasteiger partial charge in [0.2, 0.25) is 11.8 Å². The Morgan fingerprint density at radius 3 is 2.31 bits per heavy atom. The zero-order valence-electron chi connectivity index (χ0n) is 10.3. The minimum atomic E-state index is -0.735. The van der Waals surface area contributed by atoms with Gasteiger partial charge in [-0.05, 0) is 5.41 Å². The summed E-state index contributed by atoms with van der Waals surface area (Å²) in [5.74, 6) is 0.656. The maximum Gasteiger partial charge on any atom is 0.241 e. The first kappa shape index (κ1) is 12.7. The molecule has 1 N–H and O–H groups in total. The molecule has 0 amide bonds. The lowest BCUT2D eigenvalue weighted by Crippen LogP contribution is -2.20. The zero-order chi connectivity index (χ0) is 12.3. The number of rotatable bonds is 3. The molecule has 0 saturated heterocycles. The van der Waals surface area contributed by atoms with Crippen molar-refractivity contribution in [3.63, 3.8) is 0 Å². The monoisotopic (exact) mass is 226 g/mol. The molecular formula is C11H18N2O3. The molecule has 0 spiro atoms. The summed E-state index contributed by atoms with van der Waals surface area (Å²) in [5, 5.41) is 10.1. The van der Waals surface area contributed by atoms with Gasteiger partial charge in [0.15, 0.2) is 0 Å². The minimum absolute atomic E-state index is 0.293. The molecule has 0 aliphatic heterocycles. The second kappa shape index (κ2) is 4.65. The number of ether oxygens (including phenoxy) is 2. The van der Waals surface area contributed by atoms with E-state index in [1.54, 1.807) is 0 Å². The van der Waals surface area contributed by atoms with E-state index in [2.05, 4.69) is 9.97 Å². The third kappa shape index (κ3) is 2.61. The van der Waals surface area contributed by atoms with Crippen molar-refractivity contribution < 1.29 is 14.6 Å². The Hall–Kier alpha value is -1.36. The third-order valence-electron chi connectivity index (χ3n) is 2.23. The fraction of sp³-hybridized carbons (Fsp3) is 0.636. The summed E-state index contributed by atoms with van der Waals surface area (Å²) >= 11 is 0. The van der Waals surface area contributed by atoms with Crippen LogP contribution in [0.5, 0.6) is 11.8 Å². The molecule has 1 rings (SSSR count). The first-order valence-corrected chi connectivity index (χ1v) is 5.03. The van der Waals surface area contributed by atoms with Crippen molar-refractivity contribution in [1.82, 2.24) is 9.97 Å². The maximum absolute atomic E-state index is 10.1. The van der Waals surface area contributed by atoms with E-state index in [4.69, 9.17) is 9.47 Å². The van der Waals surface area contributed by atoms with Crippen LogP contribution in [0.15, 0.2) is 6.20 Å². The molecule has 0 bridgehead atoms. The molecule has 0 fully saturated rings. The molecule has 1 aromatic rings. The van der Waals surface area contributed by atoms with Gasteiger partial charge in [0, 0.05) is 0 Å². The lowest BCUT2D eigenvalue weighted by Gasteiger charge is -2.25. The summed E-state index contributed by atoms with van der Waals surface area (Å²) in [4.78, 5) is 8.20. The lowest BCUT2D eigenvalue weighted by molar-refractivity contribution is 0.0556. The number of methoxy groups -OCH3 is 2. The molecule has 5 nitrogen and oxygen atoms in total. The average Bonchev–Trinajstić information content (AvgIpc) is 2.26. The van der Waals surface area contributed by atoms with Crippen LogP contribution in [0.4, 0.5) is 0 Å². The molecular weight excluding hydrogens is 208 g/mol.